The molecule has 102 valence electrons. The van der Waals surface area contributed by atoms with E-state index in [4.69, 9.17) is 0 Å². The molecule has 18 heavy (non-hydrogen) atoms. The molecule has 1 rings (SSSR count). The van der Waals surface area contributed by atoms with Gasteiger partial charge in [-0.15, -0.1) is 0 Å². The molecular weight excluding hydrogens is 222 g/mol. The Balaban J connectivity index is 2.58. The van der Waals surface area contributed by atoms with Gasteiger partial charge in [0.1, 0.15) is 12.1 Å². The maximum absolute atomic E-state index is 4.33. The van der Waals surface area contributed by atoms with Crippen LogP contribution in [0.1, 0.15) is 65.0 Å². The van der Waals surface area contributed by atoms with Crippen molar-refractivity contribution in [2.75, 3.05) is 5.32 Å². The molecule has 3 heteroatoms. The van der Waals surface area contributed by atoms with Gasteiger partial charge in [0.05, 0.1) is 0 Å². The average Bonchev–Trinajstić information content (AvgIpc) is 2.37. The fourth-order valence-corrected chi connectivity index (χ4v) is 2.17. The molecule has 0 aliphatic rings. The molecule has 1 unspecified atom stereocenters. The molecule has 1 aromatic heterocycles. The number of hydrogen-bond donors (Lipinski definition) is 1. The average molecular weight is 249 g/mol. The Labute approximate surface area is 111 Å². The monoisotopic (exact) mass is 249 g/mol. The summed E-state index contributed by atoms with van der Waals surface area (Å²) in [5.74, 6) is 0.989. The Bertz CT molecular complexity index is 325. The quantitative estimate of drug-likeness (QED) is 0.712. The molecule has 0 aromatic carbocycles. The first-order chi connectivity index (χ1) is 8.80. The Morgan fingerprint density at radius 3 is 2.56 bits per heavy atom. The van der Waals surface area contributed by atoms with Crippen LogP contribution in [0.3, 0.4) is 0 Å². The van der Waals surface area contributed by atoms with Crippen molar-refractivity contribution in [3.63, 3.8) is 0 Å². The standard InChI is InChI=1S/C15H27N3/c1-4-7-10-13(8-5-2)18-15-11-14(9-6-3)16-12-17-15/h11-13H,4-10H2,1-3H3,(H,16,17,18). The number of hydrogen-bond acceptors (Lipinski definition) is 3. The number of unbranched alkanes of at least 4 members (excludes halogenated alkanes) is 1. The van der Waals surface area contributed by atoms with Gasteiger partial charge in [-0.2, -0.15) is 0 Å². The molecule has 0 spiro atoms. The van der Waals surface area contributed by atoms with E-state index in [0.717, 1.165) is 24.4 Å². The van der Waals surface area contributed by atoms with Crippen molar-refractivity contribution in [1.82, 2.24) is 9.97 Å². The van der Waals surface area contributed by atoms with Crippen molar-refractivity contribution in [2.45, 2.75) is 71.8 Å². The SMILES string of the molecule is CCCCC(CCC)Nc1cc(CCC)ncn1. The number of rotatable bonds is 9. The predicted octanol–water partition coefficient (Wildman–Crippen LogP) is 4.20. The minimum Gasteiger partial charge on any atom is -0.367 e. The second-order valence-electron chi connectivity index (χ2n) is 4.92. The van der Waals surface area contributed by atoms with Crippen molar-refractivity contribution >= 4 is 5.82 Å². The summed E-state index contributed by atoms with van der Waals surface area (Å²) in [6, 6.07) is 2.65. The van der Waals surface area contributed by atoms with E-state index in [1.165, 1.54) is 32.1 Å². The minimum atomic E-state index is 0.555. The fraction of sp³-hybridized carbons (Fsp3) is 0.733. The Kier molecular flexibility index (Phi) is 7.38. The van der Waals surface area contributed by atoms with Crippen LogP contribution in [0.15, 0.2) is 12.4 Å². The normalized spacial score (nSPS) is 12.4. The third-order valence-electron chi connectivity index (χ3n) is 3.13. The van der Waals surface area contributed by atoms with E-state index in [0.29, 0.717) is 6.04 Å². The topological polar surface area (TPSA) is 37.8 Å². The van der Waals surface area contributed by atoms with Gasteiger partial charge in [-0.05, 0) is 19.3 Å². The van der Waals surface area contributed by atoms with Gasteiger partial charge in [-0.1, -0.05) is 46.5 Å². The van der Waals surface area contributed by atoms with Crippen molar-refractivity contribution < 1.29 is 0 Å². The van der Waals surface area contributed by atoms with E-state index in [9.17, 15) is 0 Å². The number of anilines is 1. The Morgan fingerprint density at radius 2 is 1.89 bits per heavy atom. The van der Waals surface area contributed by atoms with Crippen LogP contribution in [0.5, 0.6) is 0 Å². The second-order valence-corrected chi connectivity index (χ2v) is 4.92. The molecule has 0 fully saturated rings. The van der Waals surface area contributed by atoms with Gasteiger partial charge in [0.2, 0.25) is 0 Å². The first-order valence-corrected chi connectivity index (χ1v) is 7.37. The molecule has 1 heterocycles. The molecule has 0 amide bonds. The number of nitrogens with zero attached hydrogens (tertiary/aromatic N) is 2. The summed E-state index contributed by atoms with van der Waals surface area (Å²) < 4.78 is 0. The van der Waals surface area contributed by atoms with Crippen LogP contribution in [0, 0.1) is 0 Å². The zero-order chi connectivity index (χ0) is 13.2. The zero-order valence-electron chi connectivity index (χ0n) is 12.1. The number of nitrogens with one attached hydrogen (secondary N) is 1. The molecule has 0 radical (unpaired) electrons. The zero-order valence-corrected chi connectivity index (χ0v) is 12.1. The summed E-state index contributed by atoms with van der Waals surface area (Å²) in [6.07, 6.45) is 10.0. The van der Waals surface area contributed by atoms with Crippen LogP contribution in [0.4, 0.5) is 5.82 Å². The van der Waals surface area contributed by atoms with Gasteiger partial charge in [-0.3, -0.25) is 0 Å². The smallest absolute Gasteiger partial charge is 0.129 e. The third-order valence-corrected chi connectivity index (χ3v) is 3.13. The molecule has 0 bridgehead atoms. The van der Waals surface area contributed by atoms with E-state index in [-0.39, 0.29) is 0 Å². The predicted molar refractivity (Wildman–Crippen MR) is 77.9 cm³/mol. The highest BCUT2D eigenvalue weighted by atomic mass is 15.0. The van der Waals surface area contributed by atoms with Gasteiger partial charge < -0.3 is 5.32 Å². The molecule has 0 saturated carbocycles. The summed E-state index contributed by atoms with van der Waals surface area (Å²) >= 11 is 0. The maximum Gasteiger partial charge on any atom is 0.129 e. The van der Waals surface area contributed by atoms with Crippen molar-refractivity contribution in [3.05, 3.63) is 18.1 Å². The first-order valence-electron chi connectivity index (χ1n) is 7.37. The van der Waals surface area contributed by atoms with Gasteiger partial charge in [0, 0.05) is 17.8 Å². The first kappa shape index (κ1) is 14.9. The highest BCUT2D eigenvalue weighted by Crippen LogP contribution is 2.14. The Morgan fingerprint density at radius 1 is 1.06 bits per heavy atom. The van der Waals surface area contributed by atoms with Gasteiger partial charge in [0.25, 0.3) is 0 Å². The summed E-state index contributed by atoms with van der Waals surface area (Å²) in [5, 5.41) is 3.56. The van der Waals surface area contributed by atoms with Crippen LogP contribution < -0.4 is 5.32 Å². The van der Waals surface area contributed by atoms with Crippen LogP contribution in [-0.2, 0) is 6.42 Å². The lowest BCUT2D eigenvalue weighted by Crippen LogP contribution is -2.20. The highest BCUT2D eigenvalue weighted by Gasteiger charge is 2.08. The fourth-order valence-electron chi connectivity index (χ4n) is 2.17. The van der Waals surface area contributed by atoms with E-state index in [1.807, 2.05) is 0 Å². The molecule has 0 aliphatic carbocycles. The molecule has 1 N–H and O–H groups in total. The third kappa shape index (κ3) is 5.48. The van der Waals surface area contributed by atoms with Gasteiger partial charge in [-0.25, -0.2) is 9.97 Å². The molecule has 3 nitrogen and oxygen atoms in total. The lowest BCUT2D eigenvalue weighted by Gasteiger charge is -2.18. The van der Waals surface area contributed by atoms with Gasteiger partial charge >= 0.3 is 0 Å². The number of aryl methyl sites for hydroxylation is 1. The van der Waals surface area contributed by atoms with E-state index in [1.54, 1.807) is 6.33 Å². The van der Waals surface area contributed by atoms with Crippen molar-refractivity contribution in [1.29, 1.82) is 0 Å². The maximum atomic E-state index is 4.33. The summed E-state index contributed by atoms with van der Waals surface area (Å²) in [5.41, 5.74) is 1.14. The molecule has 1 atom stereocenters. The van der Waals surface area contributed by atoms with E-state index >= 15 is 0 Å². The van der Waals surface area contributed by atoms with Crippen LogP contribution in [-0.4, -0.2) is 16.0 Å². The summed E-state index contributed by atoms with van der Waals surface area (Å²) in [4.78, 5) is 8.62. The second kappa shape index (κ2) is 8.90. The van der Waals surface area contributed by atoms with Crippen LogP contribution >= 0.6 is 0 Å². The number of aromatic nitrogens is 2. The van der Waals surface area contributed by atoms with E-state index in [2.05, 4.69) is 42.1 Å². The molecule has 0 saturated heterocycles. The summed E-state index contributed by atoms with van der Waals surface area (Å²) in [6.45, 7) is 6.66. The highest BCUT2D eigenvalue weighted by molar-refractivity contribution is 5.36. The van der Waals surface area contributed by atoms with Gasteiger partial charge in [0.15, 0.2) is 0 Å². The molecule has 1 aromatic rings. The minimum absolute atomic E-state index is 0.555. The molecular formula is C15H27N3. The van der Waals surface area contributed by atoms with Crippen molar-refractivity contribution in [2.24, 2.45) is 0 Å². The van der Waals surface area contributed by atoms with Crippen LogP contribution in [0.25, 0.3) is 0 Å². The largest absolute Gasteiger partial charge is 0.367 e. The lowest BCUT2D eigenvalue weighted by atomic mass is 10.1. The van der Waals surface area contributed by atoms with Crippen molar-refractivity contribution in [3.8, 4) is 0 Å². The lowest BCUT2D eigenvalue weighted by molar-refractivity contribution is 0.562. The van der Waals surface area contributed by atoms with Crippen LogP contribution in [0.2, 0.25) is 0 Å². The summed E-state index contributed by atoms with van der Waals surface area (Å²) in [7, 11) is 0. The molecule has 0 aliphatic heterocycles. The Hall–Kier alpha value is -1.12. The van der Waals surface area contributed by atoms with E-state index < -0.39 is 0 Å².